The lowest BCUT2D eigenvalue weighted by Crippen LogP contribution is -2.47. The van der Waals surface area contributed by atoms with Crippen LogP contribution in [0, 0.1) is 0 Å². The summed E-state index contributed by atoms with van der Waals surface area (Å²) in [4.78, 5) is 2.74. The van der Waals surface area contributed by atoms with Gasteiger partial charge in [-0.1, -0.05) is 43.2 Å². The van der Waals surface area contributed by atoms with Crippen molar-refractivity contribution in [2.75, 3.05) is 13.1 Å². The van der Waals surface area contributed by atoms with Crippen LogP contribution in [-0.4, -0.2) is 30.1 Å². The summed E-state index contributed by atoms with van der Waals surface area (Å²) >= 11 is 0. The molecule has 2 heterocycles. The SMILES string of the molecule is c1ccc(CN2CCCCC3NCCCCC32)cc1. The van der Waals surface area contributed by atoms with Gasteiger partial charge in [0.05, 0.1) is 0 Å². The van der Waals surface area contributed by atoms with E-state index < -0.39 is 0 Å². The Morgan fingerprint density at radius 1 is 1.00 bits per heavy atom. The van der Waals surface area contributed by atoms with Gasteiger partial charge in [-0.3, -0.25) is 4.90 Å². The molecular weight excluding hydrogens is 232 g/mol. The van der Waals surface area contributed by atoms with E-state index in [1.54, 1.807) is 0 Å². The summed E-state index contributed by atoms with van der Waals surface area (Å²) in [5.74, 6) is 0. The molecule has 2 nitrogen and oxygen atoms in total. The Bertz CT molecular complexity index is 374. The Kier molecular flexibility index (Phi) is 4.52. The van der Waals surface area contributed by atoms with E-state index in [1.807, 2.05) is 0 Å². The molecule has 1 N–H and O–H groups in total. The monoisotopic (exact) mass is 258 g/mol. The van der Waals surface area contributed by atoms with Crippen LogP contribution in [0.25, 0.3) is 0 Å². The highest BCUT2D eigenvalue weighted by atomic mass is 15.2. The molecule has 2 heteroatoms. The predicted molar refractivity (Wildman–Crippen MR) is 80.1 cm³/mol. The van der Waals surface area contributed by atoms with E-state index in [4.69, 9.17) is 0 Å². The van der Waals surface area contributed by atoms with Gasteiger partial charge in [0.1, 0.15) is 0 Å². The van der Waals surface area contributed by atoms with Gasteiger partial charge in [0.25, 0.3) is 0 Å². The van der Waals surface area contributed by atoms with Crippen molar-refractivity contribution in [3.05, 3.63) is 35.9 Å². The van der Waals surface area contributed by atoms with E-state index in [0.29, 0.717) is 0 Å². The minimum Gasteiger partial charge on any atom is -0.312 e. The average Bonchev–Trinajstić information content (AvgIpc) is 2.77. The van der Waals surface area contributed by atoms with Crippen LogP contribution < -0.4 is 5.32 Å². The minimum absolute atomic E-state index is 0.730. The van der Waals surface area contributed by atoms with Crippen LogP contribution in [-0.2, 0) is 6.54 Å². The van der Waals surface area contributed by atoms with Crippen molar-refractivity contribution in [1.29, 1.82) is 0 Å². The third kappa shape index (κ3) is 3.37. The fraction of sp³-hybridized carbons (Fsp3) is 0.647. The fourth-order valence-electron chi connectivity index (χ4n) is 3.69. The van der Waals surface area contributed by atoms with E-state index in [9.17, 15) is 0 Å². The van der Waals surface area contributed by atoms with Crippen molar-refractivity contribution in [2.45, 2.75) is 57.2 Å². The molecule has 2 fully saturated rings. The Balaban J connectivity index is 1.73. The van der Waals surface area contributed by atoms with E-state index >= 15 is 0 Å². The van der Waals surface area contributed by atoms with Crippen LogP contribution in [0.2, 0.25) is 0 Å². The first-order valence-electron chi connectivity index (χ1n) is 7.95. The van der Waals surface area contributed by atoms with Gasteiger partial charge in [-0.05, 0) is 44.3 Å². The fourth-order valence-corrected chi connectivity index (χ4v) is 3.69. The largest absolute Gasteiger partial charge is 0.312 e. The van der Waals surface area contributed by atoms with Gasteiger partial charge in [-0.2, -0.15) is 0 Å². The van der Waals surface area contributed by atoms with Crippen molar-refractivity contribution >= 4 is 0 Å². The standard InChI is InChI=1S/C17H26N2/c1-2-8-15(9-3-1)14-19-13-7-5-10-16-17(19)11-4-6-12-18-16/h1-3,8-9,16-18H,4-7,10-14H2. The molecule has 2 aliphatic rings. The molecule has 1 aromatic carbocycles. The van der Waals surface area contributed by atoms with Crippen LogP contribution in [0.15, 0.2) is 30.3 Å². The van der Waals surface area contributed by atoms with Gasteiger partial charge >= 0.3 is 0 Å². The molecule has 2 saturated heterocycles. The van der Waals surface area contributed by atoms with E-state index in [1.165, 1.54) is 57.2 Å². The van der Waals surface area contributed by atoms with Gasteiger partial charge in [0.2, 0.25) is 0 Å². The first-order chi connectivity index (χ1) is 9.43. The zero-order valence-electron chi connectivity index (χ0n) is 11.9. The van der Waals surface area contributed by atoms with Crippen LogP contribution in [0.1, 0.15) is 44.1 Å². The molecule has 0 saturated carbocycles. The smallest absolute Gasteiger partial charge is 0.0252 e. The summed E-state index contributed by atoms with van der Waals surface area (Å²) in [5.41, 5.74) is 1.47. The second-order valence-corrected chi connectivity index (χ2v) is 6.08. The Labute approximate surface area is 117 Å². The number of nitrogens with zero attached hydrogens (tertiary/aromatic N) is 1. The number of likely N-dealkylation sites (tertiary alicyclic amines) is 1. The third-order valence-corrected chi connectivity index (χ3v) is 4.71. The van der Waals surface area contributed by atoms with Gasteiger partial charge in [-0.25, -0.2) is 0 Å². The molecule has 0 radical (unpaired) electrons. The summed E-state index contributed by atoms with van der Waals surface area (Å²) in [6.45, 7) is 3.63. The predicted octanol–water partition coefficient (Wildman–Crippen LogP) is 3.18. The van der Waals surface area contributed by atoms with Crippen molar-refractivity contribution in [2.24, 2.45) is 0 Å². The molecule has 0 aliphatic carbocycles. The highest BCUT2D eigenvalue weighted by Gasteiger charge is 2.30. The topological polar surface area (TPSA) is 15.3 Å². The molecular formula is C17H26N2. The zero-order valence-corrected chi connectivity index (χ0v) is 11.9. The number of fused-ring (bicyclic) bond motifs is 1. The second kappa shape index (κ2) is 6.53. The molecule has 2 atom stereocenters. The minimum atomic E-state index is 0.730. The Morgan fingerprint density at radius 2 is 1.84 bits per heavy atom. The van der Waals surface area contributed by atoms with E-state index in [-0.39, 0.29) is 0 Å². The molecule has 0 bridgehead atoms. The van der Waals surface area contributed by atoms with Crippen molar-refractivity contribution in [3.8, 4) is 0 Å². The molecule has 0 amide bonds. The summed E-state index contributed by atoms with van der Waals surface area (Å²) in [5, 5.41) is 3.80. The van der Waals surface area contributed by atoms with Gasteiger partial charge < -0.3 is 5.32 Å². The van der Waals surface area contributed by atoms with Gasteiger partial charge in [0, 0.05) is 18.6 Å². The lowest BCUT2D eigenvalue weighted by molar-refractivity contribution is 0.159. The maximum Gasteiger partial charge on any atom is 0.0252 e. The Morgan fingerprint density at radius 3 is 2.74 bits per heavy atom. The van der Waals surface area contributed by atoms with Crippen molar-refractivity contribution in [1.82, 2.24) is 10.2 Å². The molecule has 0 aromatic heterocycles. The van der Waals surface area contributed by atoms with Crippen LogP contribution in [0.4, 0.5) is 0 Å². The number of hydrogen-bond donors (Lipinski definition) is 1. The maximum atomic E-state index is 3.80. The molecule has 2 unspecified atom stereocenters. The zero-order chi connectivity index (χ0) is 12.9. The van der Waals surface area contributed by atoms with Crippen molar-refractivity contribution < 1.29 is 0 Å². The Hall–Kier alpha value is -0.860. The normalized spacial score (nSPS) is 29.3. The number of rotatable bonds is 2. The third-order valence-electron chi connectivity index (χ3n) is 4.71. The number of hydrogen-bond acceptors (Lipinski definition) is 2. The molecule has 19 heavy (non-hydrogen) atoms. The highest BCUT2D eigenvalue weighted by molar-refractivity contribution is 5.14. The first kappa shape index (κ1) is 13.1. The van der Waals surface area contributed by atoms with Gasteiger partial charge in [0.15, 0.2) is 0 Å². The molecule has 3 rings (SSSR count). The van der Waals surface area contributed by atoms with Gasteiger partial charge in [-0.15, -0.1) is 0 Å². The lowest BCUT2D eigenvalue weighted by atomic mass is 9.99. The summed E-state index contributed by atoms with van der Waals surface area (Å²) in [6.07, 6.45) is 8.24. The molecule has 2 aliphatic heterocycles. The van der Waals surface area contributed by atoms with Crippen LogP contribution >= 0.6 is 0 Å². The summed E-state index contributed by atoms with van der Waals surface area (Å²) in [6, 6.07) is 12.5. The second-order valence-electron chi connectivity index (χ2n) is 6.08. The quantitative estimate of drug-likeness (QED) is 0.876. The number of nitrogens with one attached hydrogen (secondary N) is 1. The van der Waals surface area contributed by atoms with E-state index in [2.05, 4.69) is 40.5 Å². The van der Waals surface area contributed by atoms with Crippen LogP contribution in [0.3, 0.4) is 0 Å². The summed E-state index contributed by atoms with van der Waals surface area (Å²) in [7, 11) is 0. The van der Waals surface area contributed by atoms with Crippen molar-refractivity contribution in [3.63, 3.8) is 0 Å². The molecule has 1 aromatic rings. The first-order valence-corrected chi connectivity index (χ1v) is 7.95. The summed E-state index contributed by atoms with van der Waals surface area (Å²) < 4.78 is 0. The molecule has 0 spiro atoms. The molecule has 104 valence electrons. The lowest BCUT2D eigenvalue weighted by Gasteiger charge is -2.34. The number of benzene rings is 1. The van der Waals surface area contributed by atoms with E-state index in [0.717, 1.165) is 18.6 Å². The maximum absolute atomic E-state index is 3.80. The average molecular weight is 258 g/mol. The highest BCUT2D eigenvalue weighted by Crippen LogP contribution is 2.25. The van der Waals surface area contributed by atoms with Crippen LogP contribution in [0.5, 0.6) is 0 Å².